The van der Waals surface area contributed by atoms with Crippen molar-refractivity contribution in [2.45, 2.75) is 27.7 Å². The first-order valence-corrected chi connectivity index (χ1v) is 5.90. The fraction of sp³-hybridized carbons (Fsp3) is 0.286. The zero-order valence-corrected chi connectivity index (χ0v) is 10.8. The molecule has 1 aliphatic rings. The Morgan fingerprint density at radius 2 is 1.18 bits per heavy atom. The molecule has 0 spiro atoms. The fourth-order valence-electron chi connectivity index (χ4n) is 1.23. The van der Waals surface area contributed by atoms with Crippen molar-refractivity contribution in [1.82, 2.24) is 0 Å². The summed E-state index contributed by atoms with van der Waals surface area (Å²) >= 11 is 0. The number of nitrogens with zero attached hydrogens (tertiary/aromatic N) is 1. The number of carbonyl (C=O) groups excluding carboxylic acids is 2. The first-order valence-electron chi connectivity index (χ1n) is 5.90. The van der Waals surface area contributed by atoms with Crippen molar-refractivity contribution >= 4 is 17.5 Å². The smallest absolute Gasteiger partial charge is 0.258 e. The van der Waals surface area contributed by atoms with E-state index in [1.807, 2.05) is 33.8 Å². The molecule has 0 aliphatic carbocycles. The molecule has 1 heterocycles. The molecule has 0 fully saturated rings. The molecule has 17 heavy (non-hydrogen) atoms. The highest BCUT2D eigenvalue weighted by Gasteiger charge is 2.24. The van der Waals surface area contributed by atoms with E-state index in [0.29, 0.717) is 5.69 Å². The lowest BCUT2D eigenvalue weighted by molar-refractivity contribution is -0.119. The summed E-state index contributed by atoms with van der Waals surface area (Å²) in [5.41, 5.74) is 0.613. The van der Waals surface area contributed by atoms with E-state index >= 15 is 0 Å². The van der Waals surface area contributed by atoms with Crippen LogP contribution < -0.4 is 4.90 Å². The maximum absolute atomic E-state index is 11.2. The van der Waals surface area contributed by atoms with E-state index in [1.54, 1.807) is 24.3 Å². The van der Waals surface area contributed by atoms with E-state index in [-0.39, 0.29) is 11.8 Å². The van der Waals surface area contributed by atoms with E-state index in [1.165, 1.54) is 12.2 Å². The first kappa shape index (κ1) is 15.1. The second-order valence-electron chi connectivity index (χ2n) is 2.68. The number of carbonyl (C=O) groups is 2. The number of imide groups is 1. The van der Waals surface area contributed by atoms with Gasteiger partial charge in [0.15, 0.2) is 0 Å². The number of benzene rings is 1. The quantitative estimate of drug-likeness (QED) is 0.699. The minimum atomic E-state index is -0.281. The highest BCUT2D eigenvalue weighted by Crippen LogP contribution is 2.17. The van der Waals surface area contributed by atoms with E-state index in [9.17, 15) is 9.59 Å². The number of anilines is 1. The van der Waals surface area contributed by atoms with Crippen LogP contribution >= 0.6 is 0 Å². The van der Waals surface area contributed by atoms with Crippen LogP contribution in [0.15, 0.2) is 42.5 Å². The lowest BCUT2D eigenvalue weighted by atomic mass is 10.3. The Morgan fingerprint density at radius 3 is 1.59 bits per heavy atom. The Kier molecular flexibility index (Phi) is 7.35. The van der Waals surface area contributed by atoms with Gasteiger partial charge in [0.2, 0.25) is 0 Å². The monoisotopic (exact) mass is 233 g/mol. The molecule has 3 nitrogen and oxygen atoms in total. The molecule has 92 valence electrons. The van der Waals surface area contributed by atoms with Crippen molar-refractivity contribution in [2.75, 3.05) is 4.90 Å². The van der Waals surface area contributed by atoms with Gasteiger partial charge in [-0.3, -0.25) is 9.59 Å². The van der Waals surface area contributed by atoms with E-state index in [2.05, 4.69) is 0 Å². The molecule has 0 atom stereocenters. The van der Waals surface area contributed by atoms with Gasteiger partial charge in [-0.2, -0.15) is 0 Å². The SMILES string of the molecule is CC.CC.O=C1C=CC(=O)N1c1ccccc1. The molecular weight excluding hydrogens is 214 g/mol. The van der Waals surface area contributed by atoms with Crippen LogP contribution in [0.2, 0.25) is 0 Å². The molecule has 1 aromatic rings. The van der Waals surface area contributed by atoms with Gasteiger partial charge >= 0.3 is 0 Å². The van der Waals surface area contributed by atoms with Gasteiger partial charge in [-0.25, -0.2) is 4.90 Å². The summed E-state index contributed by atoms with van der Waals surface area (Å²) in [6.07, 6.45) is 2.55. The Bertz CT molecular complexity index is 364. The van der Waals surface area contributed by atoms with E-state index in [0.717, 1.165) is 4.90 Å². The minimum Gasteiger partial charge on any atom is -0.269 e. The third-order valence-corrected chi connectivity index (χ3v) is 1.82. The zero-order valence-electron chi connectivity index (χ0n) is 10.8. The molecule has 0 unspecified atom stereocenters. The van der Waals surface area contributed by atoms with Gasteiger partial charge in [0, 0.05) is 12.2 Å². The molecule has 0 saturated carbocycles. The van der Waals surface area contributed by atoms with E-state index < -0.39 is 0 Å². The number of hydrogen-bond donors (Lipinski definition) is 0. The van der Waals surface area contributed by atoms with Crippen molar-refractivity contribution in [3.05, 3.63) is 42.5 Å². The normalized spacial score (nSPS) is 12.6. The average molecular weight is 233 g/mol. The Morgan fingerprint density at radius 1 is 0.765 bits per heavy atom. The Hall–Kier alpha value is -1.90. The van der Waals surface area contributed by atoms with Crippen LogP contribution in [0.1, 0.15) is 27.7 Å². The standard InChI is InChI=1S/C10H7NO2.2C2H6/c12-9-6-7-10(13)11(9)8-4-2-1-3-5-8;2*1-2/h1-7H;2*1-2H3. The second-order valence-corrected chi connectivity index (χ2v) is 2.68. The number of para-hydroxylation sites is 1. The van der Waals surface area contributed by atoms with Gasteiger partial charge < -0.3 is 0 Å². The molecule has 0 aromatic heterocycles. The van der Waals surface area contributed by atoms with Crippen LogP contribution in [0.25, 0.3) is 0 Å². The Labute approximate surface area is 103 Å². The van der Waals surface area contributed by atoms with Gasteiger partial charge in [0.05, 0.1) is 5.69 Å². The molecule has 0 radical (unpaired) electrons. The molecule has 2 rings (SSSR count). The van der Waals surface area contributed by atoms with Gasteiger partial charge in [-0.1, -0.05) is 45.9 Å². The van der Waals surface area contributed by atoms with Crippen molar-refractivity contribution in [3.63, 3.8) is 0 Å². The summed E-state index contributed by atoms with van der Waals surface area (Å²) in [6.45, 7) is 8.00. The lowest BCUT2D eigenvalue weighted by Gasteiger charge is -2.12. The predicted octanol–water partition coefficient (Wildman–Crippen LogP) is 3.17. The van der Waals surface area contributed by atoms with Gasteiger partial charge in [-0.05, 0) is 12.1 Å². The highest BCUT2D eigenvalue weighted by molar-refractivity contribution is 6.28. The third kappa shape index (κ3) is 3.87. The predicted molar refractivity (Wildman–Crippen MR) is 70.8 cm³/mol. The topological polar surface area (TPSA) is 37.4 Å². The lowest BCUT2D eigenvalue weighted by Crippen LogP contribution is -2.29. The molecular formula is C14H19NO2. The number of hydrogen-bond acceptors (Lipinski definition) is 2. The second kappa shape index (κ2) is 8.28. The zero-order chi connectivity index (χ0) is 13.3. The van der Waals surface area contributed by atoms with Crippen LogP contribution in [0.5, 0.6) is 0 Å². The van der Waals surface area contributed by atoms with Crippen molar-refractivity contribution in [2.24, 2.45) is 0 Å². The summed E-state index contributed by atoms with van der Waals surface area (Å²) in [5.74, 6) is -0.563. The molecule has 0 saturated heterocycles. The molecule has 0 bridgehead atoms. The third-order valence-electron chi connectivity index (χ3n) is 1.82. The molecule has 3 heteroatoms. The number of amides is 2. The maximum Gasteiger partial charge on any atom is 0.258 e. The van der Waals surface area contributed by atoms with E-state index in [4.69, 9.17) is 0 Å². The van der Waals surface area contributed by atoms with Crippen LogP contribution in [0.4, 0.5) is 5.69 Å². The fourth-order valence-corrected chi connectivity index (χ4v) is 1.23. The van der Waals surface area contributed by atoms with Crippen LogP contribution in [-0.4, -0.2) is 11.8 Å². The summed E-state index contributed by atoms with van der Waals surface area (Å²) in [7, 11) is 0. The van der Waals surface area contributed by atoms with Crippen LogP contribution in [0, 0.1) is 0 Å². The minimum absolute atomic E-state index is 0.281. The van der Waals surface area contributed by atoms with Crippen molar-refractivity contribution in [1.29, 1.82) is 0 Å². The molecule has 2 amide bonds. The average Bonchev–Trinajstić information content (AvgIpc) is 2.75. The highest BCUT2D eigenvalue weighted by atomic mass is 16.2. The molecule has 1 aliphatic heterocycles. The molecule has 0 N–H and O–H groups in total. The van der Waals surface area contributed by atoms with Crippen LogP contribution in [0.3, 0.4) is 0 Å². The van der Waals surface area contributed by atoms with Gasteiger partial charge in [0.1, 0.15) is 0 Å². The Balaban J connectivity index is 0.000000581. The summed E-state index contributed by atoms with van der Waals surface area (Å²) in [6, 6.07) is 8.86. The van der Waals surface area contributed by atoms with Crippen molar-refractivity contribution in [3.8, 4) is 0 Å². The van der Waals surface area contributed by atoms with Gasteiger partial charge in [0.25, 0.3) is 11.8 Å². The summed E-state index contributed by atoms with van der Waals surface area (Å²) < 4.78 is 0. The largest absolute Gasteiger partial charge is 0.269 e. The van der Waals surface area contributed by atoms with Crippen molar-refractivity contribution < 1.29 is 9.59 Å². The maximum atomic E-state index is 11.2. The number of rotatable bonds is 1. The van der Waals surface area contributed by atoms with Crippen LogP contribution in [-0.2, 0) is 9.59 Å². The summed E-state index contributed by atoms with van der Waals surface area (Å²) in [5, 5.41) is 0. The summed E-state index contributed by atoms with van der Waals surface area (Å²) in [4.78, 5) is 23.5. The first-order chi connectivity index (χ1) is 8.29. The van der Waals surface area contributed by atoms with Gasteiger partial charge in [-0.15, -0.1) is 0 Å². The molecule has 1 aromatic carbocycles.